The lowest BCUT2D eigenvalue weighted by Gasteiger charge is -2.09. The number of ether oxygens (including phenoxy) is 2. The number of nitrogens with zero attached hydrogens (tertiary/aromatic N) is 1. The van der Waals surface area contributed by atoms with Crippen LogP contribution in [0.2, 0.25) is 0 Å². The summed E-state index contributed by atoms with van der Waals surface area (Å²) < 4.78 is 10.5. The first kappa shape index (κ1) is 17.0. The molecule has 0 aliphatic heterocycles. The van der Waals surface area contributed by atoms with Crippen molar-refractivity contribution in [1.82, 2.24) is 5.43 Å². The topological polar surface area (TPSA) is 59.9 Å². The Balaban J connectivity index is 1.63. The van der Waals surface area contributed by atoms with Gasteiger partial charge < -0.3 is 9.47 Å². The molecule has 0 spiro atoms. The van der Waals surface area contributed by atoms with E-state index in [9.17, 15) is 4.79 Å². The number of rotatable bonds is 6. The number of hydrogen-bond acceptors (Lipinski definition) is 4. The molecule has 1 aliphatic carbocycles. The quantitative estimate of drug-likeness (QED) is 0.649. The van der Waals surface area contributed by atoms with E-state index in [0.717, 1.165) is 12.0 Å². The molecule has 0 saturated heterocycles. The molecule has 2 aromatic rings. The van der Waals surface area contributed by atoms with Crippen molar-refractivity contribution >= 4 is 11.6 Å². The zero-order chi connectivity index (χ0) is 17.8. The standard InChI is InChI=1S/C20H22N2O3/c1-13(15-9-10-18(24-2)19(11-15)25-3)21-22-20(23)17-12-16(17)14-7-5-4-6-8-14/h4-11,16-17H,12H2,1-3H3,(H,22,23). The second kappa shape index (κ2) is 7.38. The Bertz CT molecular complexity index is 787. The van der Waals surface area contributed by atoms with E-state index in [4.69, 9.17) is 9.47 Å². The Hall–Kier alpha value is -2.82. The summed E-state index contributed by atoms with van der Waals surface area (Å²) in [5, 5.41) is 4.24. The van der Waals surface area contributed by atoms with Gasteiger partial charge in [-0.25, -0.2) is 5.43 Å². The Morgan fingerprint density at radius 1 is 1.08 bits per heavy atom. The molecule has 2 atom stereocenters. The number of benzene rings is 2. The van der Waals surface area contributed by atoms with Crippen molar-refractivity contribution in [2.75, 3.05) is 14.2 Å². The van der Waals surface area contributed by atoms with Gasteiger partial charge in [-0.3, -0.25) is 4.79 Å². The molecule has 1 saturated carbocycles. The number of amides is 1. The van der Waals surface area contributed by atoms with Crippen LogP contribution in [0.4, 0.5) is 0 Å². The van der Waals surface area contributed by atoms with Gasteiger partial charge in [0.25, 0.3) is 0 Å². The summed E-state index contributed by atoms with van der Waals surface area (Å²) >= 11 is 0. The van der Waals surface area contributed by atoms with Crippen molar-refractivity contribution < 1.29 is 14.3 Å². The van der Waals surface area contributed by atoms with Crippen molar-refractivity contribution in [3.05, 3.63) is 59.7 Å². The Morgan fingerprint density at radius 3 is 2.48 bits per heavy atom. The number of methoxy groups -OCH3 is 2. The van der Waals surface area contributed by atoms with Crippen molar-refractivity contribution in [2.24, 2.45) is 11.0 Å². The lowest BCUT2D eigenvalue weighted by atomic mass is 10.1. The summed E-state index contributed by atoms with van der Waals surface area (Å²) in [5.41, 5.74) is 5.48. The van der Waals surface area contributed by atoms with Crippen LogP contribution >= 0.6 is 0 Å². The first-order valence-corrected chi connectivity index (χ1v) is 8.25. The van der Waals surface area contributed by atoms with E-state index in [1.54, 1.807) is 14.2 Å². The highest BCUT2D eigenvalue weighted by atomic mass is 16.5. The molecule has 3 rings (SSSR count). The molecule has 2 unspecified atom stereocenters. The van der Waals surface area contributed by atoms with E-state index in [1.807, 2.05) is 43.3 Å². The SMILES string of the molecule is COc1ccc(C(C)=NNC(=O)C2CC2c2ccccc2)cc1OC. The summed E-state index contributed by atoms with van der Waals surface area (Å²) in [6.07, 6.45) is 0.876. The predicted octanol–water partition coefficient (Wildman–Crippen LogP) is 3.35. The fourth-order valence-corrected chi connectivity index (χ4v) is 2.90. The minimum Gasteiger partial charge on any atom is -0.493 e. The maximum Gasteiger partial charge on any atom is 0.243 e. The molecular weight excluding hydrogens is 316 g/mol. The second-order valence-corrected chi connectivity index (χ2v) is 6.10. The fourth-order valence-electron chi connectivity index (χ4n) is 2.90. The van der Waals surface area contributed by atoms with Crippen LogP contribution in [0.15, 0.2) is 53.6 Å². The van der Waals surface area contributed by atoms with E-state index < -0.39 is 0 Å². The van der Waals surface area contributed by atoms with E-state index in [-0.39, 0.29) is 11.8 Å². The summed E-state index contributed by atoms with van der Waals surface area (Å²) in [5.74, 6) is 1.56. The van der Waals surface area contributed by atoms with E-state index in [0.29, 0.717) is 23.1 Å². The monoisotopic (exact) mass is 338 g/mol. The van der Waals surface area contributed by atoms with Gasteiger partial charge in [0, 0.05) is 11.5 Å². The molecule has 130 valence electrons. The highest BCUT2D eigenvalue weighted by Crippen LogP contribution is 2.47. The number of hydrogen-bond donors (Lipinski definition) is 1. The van der Waals surface area contributed by atoms with Gasteiger partial charge >= 0.3 is 0 Å². The number of nitrogens with one attached hydrogen (secondary N) is 1. The van der Waals surface area contributed by atoms with Gasteiger partial charge in [0.05, 0.1) is 19.9 Å². The third-order valence-electron chi connectivity index (χ3n) is 4.49. The van der Waals surface area contributed by atoms with Gasteiger partial charge in [-0.1, -0.05) is 30.3 Å². The van der Waals surface area contributed by atoms with Gasteiger partial charge in [-0.05, 0) is 43.0 Å². The smallest absolute Gasteiger partial charge is 0.243 e. The minimum atomic E-state index is -0.0336. The molecular formula is C20H22N2O3. The first-order chi connectivity index (χ1) is 12.1. The maximum atomic E-state index is 12.3. The summed E-state index contributed by atoms with van der Waals surface area (Å²) in [6.45, 7) is 1.85. The van der Waals surface area contributed by atoms with Gasteiger partial charge in [-0.2, -0.15) is 5.10 Å². The van der Waals surface area contributed by atoms with Crippen LogP contribution in [-0.2, 0) is 4.79 Å². The van der Waals surface area contributed by atoms with Gasteiger partial charge in [0.15, 0.2) is 11.5 Å². The fraction of sp³-hybridized carbons (Fsp3) is 0.300. The van der Waals surface area contributed by atoms with Crippen molar-refractivity contribution in [2.45, 2.75) is 19.3 Å². The molecule has 1 fully saturated rings. The van der Waals surface area contributed by atoms with Crippen LogP contribution in [-0.4, -0.2) is 25.8 Å². The minimum absolute atomic E-state index is 0.00403. The number of carbonyl (C=O) groups excluding carboxylic acids is 1. The highest BCUT2D eigenvalue weighted by molar-refractivity contribution is 6.00. The van der Waals surface area contributed by atoms with Crippen LogP contribution in [0.1, 0.15) is 30.4 Å². The molecule has 0 bridgehead atoms. The van der Waals surface area contributed by atoms with Gasteiger partial charge in [0.1, 0.15) is 0 Å². The third-order valence-corrected chi connectivity index (χ3v) is 4.49. The van der Waals surface area contributed by atoms with Gasteiger partial charge in [0.2, 0.25) is 5.91 Å². The predicted molar refractivity (Wildman–Crippen MR) is 97.2 cm³/mol. The zero-order valence-corrected chi connectivity index (χ0v) is 14.7. The molecule has 0 radical (unpaired) electrons. The van der Waals surface area contributed by atoms with E-state index in [1.165, 1.54) is 5.56 Å². The summed E-state index contributed by atoms with van der Waals surface area (Å²) in [4.78, 5) is 12.3. The normalized spacial score (nSPS) is 19.2. The average molecular weight is 338 g/mol. The molecule has 2 aromatic carbocycles. The van der Waals surface area contributed by atoms with Crippen LogP contribution in [0.5, 0.6) is 11.5 Å². The number of hydrazone groups is 1. The molecule has 1 N–H and O–H groups in total. The molecule has 1 amide bonds. The molecule has 25 heavy (non-hydrogen) atoms. The van der Waals surface area contributed by atoms with Gasteiger partial charge in [-0.15, -0.1) is 0 Å². The van der Waals surface area contributed by atoms with Crippen molar-refractivity contribution in [3.8, 4) is 11.5 Å². The van der Waals surface area contributed by atoms with E-state index >= 15 is 0 Å². The number of carbonyl (C=O) groups is 1. The Kier molecular flexibility index (Phi) is 5.03. The van der Waals surface area contributed by atoms with E-state index in [2.05, 4.69) is 22.7 Å². The second-order valence-electron chi connectivity index (χ2n) is 6.10. The Morgan fingerprint density at radius 2 is 1.80 bits per heavy atom. The molecule has 5 nitrogen and oxygen atoms in total. The maximum absolute atomic E-state index is 12.3. The third kappa shape index (κ3) is 3.82. The van der Waals surface area contributed by atoms with Crippen LogP contribution < -0.4 is 14.9 Å². The largest absolute Gasteiger partial charge is 0.493 e. The first-order valence-electron chi connectivity index (χ1n) is 8.25. The van der Waals surface area contributed by atoms with Crippen LogP contribution in [0, 0.1) is 5.92 Å². The lowest BCUT2D eigenvalue weighted by molar-refractivity contribution is -0.122. The zero-order valence-electron chi connectivity index (χ0n) is 14.7. The average Bonchev–Trinajstić information content (AvgIpc) is 3.47. The van der Waals surface area contributed by atoms with Crippen LogP contribution in [0.25, 0.3) is 0 Å². The molecule has 5 heteroatoms. The Labute approximate surface area is 147 Å². The van der Waals surface area contributed by atoms with Crippen molar-refractivity contribution in [3.63, 3.8) is 0 Å². The van der Waals surface area contributed by atoms with Crippen LogP contribution in [0.3, 0.4) is 0 Å². The lowest BCUT2D eigenvalue weighted by Crippen LogP contribution is -2.21. The molecule has 0 aromatic heterocycles. The highest BCUT2D eigenvalue weighted by Gasteiger charge is 2.43. The van der Waals surface area contributed by atoms with Crippen molar-refractivity contribution in [1.29, 1.82) is 0 Å². The summed E-state index contributed by atoms with van der Waals surface area (Å²) in [6, 6.07) is 15.7. The molecule has 0 heterocycles. The molecule has 1 aliphatic rings. The summed E-state index contributed by atoms with van der Waals surface area (Å²) in [7, 11) is 3.18.